The van der Waals surface area contributed by atoms with Crippen molar-refractivity contribution in [1.82, 2.24) is 10.2 Å². The van der Waals surface area contributed by atoms with Crippen LogP contribution in [0.3, 0.4) is 0 Å². The molecule has 0 aromatic heterocycles. The van der Waals surface area contributed by atoms with Crippen LogP contribution in [0.4, 0.5) is 0 Å². The van der Waals surface area contributed by atoms with Gasteiger partial charge in [-0.2, -0.15) is 0 Å². The maximum absolute atomic E-state index is 12.8. The van der Waals surface area contributed by atoms with E-state index < -0.39 is 6.04 Å². The zero-order valence-electron chi connectivity index (χ0n) is 14.9. The van der Waals surface area contributed by atoms with Gasteiger partial charge < -0.3 is 10.4 Å². The van der Waals surface area contributed by atoms with Crippen LogP contribution in [0, 0.1) is 0 Å². The van der Waals surface area contributed by atoms with Crippen molar-refractivity contribution in [2.45, 2.75) is 19.5 Å². The molecular weight excluding hydrogens is 460 g/mol. The first-order chi connectivity index (χ1) is 13.4. The molecule has 5 nitrogen and oxygen atoms in total. The number of phenols is 1. The molecule has 2 aromatic rings. The fourth-order valence-corrected chi connectivity index (χ4v) is 4.43. The standard InChI is InChI=1S/C20H17BrN2O3S2/c1-12(18(25)22-11-13-5-3-2-4-6-13)23-19(26)17(28-20(23)27)10-14-9-15(21)7-8-16(14)24/h2-10,12,24H,11H2,1H3,(H,22,25)/b17-10-. The van der Waals surface area contributed by atoms with E-state index in [1.54, 1.807) is 25.1 Å². The van der Waals surface area contributed by atoms with Crippen LogP contribution >= 0.6 is 39.9 Å². The number of rotatable bonds is 5. The molecule has 28 heavy (non-hydrogen) atoms. The van der Waals surface area contributed by atoms with Gasteiger partial charge in [0.25, 0.3) is 5.91 Å². The quantitative estimate of drug-likeness (QED) is 0.502. The van der Waals surface area contributed by atoms with Crippen LogP contribution in [-0.2, 0) is 16.1 Å². The average molecular weight is 477 g/mol. The second-order valence-electron chi connectivity index (χ2n) is 6.13. The van der Waals surface area contributed by atoms with Crippen LogP contribution in [0.15, 0.2) is 57.9 Å². The fraction of sp³-hybridized carbons (Fsp3) is 0.150. The van der Waals surface area contributed by atoms with Crippen LogP contribution in [-0.4, -0.2) is 32.2 Å². The Labute approximate surface area is 180 Å². The van der Waals surface area contributed by atoms with E-state index in [0.717, 1.165) is 21.8 Å². The molecule has 2 amide bonds. The summed E-state index contributed by atoms with van der Waals surface area (Å²) in [6, 6.07) is 13.7. The number of halogens is 1. The summed E-state index contributed by atoms with van der Waals surface area (Å²) in [6.45, 7) is 2.02. The lowest BCUT2D eigenvalue weighted by Crippen LogP contribution is -2.46. The van der Waals surface area contributed by atoms with E-state index in [1.165, 1.54) is 11.0 Å². The van der Waals surface area contributed by atoms with Crippen molar-refractivity contribution in [3.63, 3.8) is 0 Å². The predicted molar refractivity (Wildman–Crippen MR) is 119 cm³/mol. The summed E-state index contributed by atoms with van der Waals surface area (Å²) < 4.78 is 1.09. The molecule has 1 aliphatic heterocycles. The Morgan fingerprint density at radius 2 is 2.04 bits per heavy atom. The molecule has 3 rings (SSSR count). The number of carbonyl (C=O) groups excluding carboxylic acids is 2. The first-order valence-corrected chi connectivity index (χ1v) is 10.5. The summed E-state index contributed by atoms with van der Waals surface area (Å²) in [5, 5.41) is 12.8. The summed E-state index contributed by atoms with van der Waals surface area (Å²) in [7, 11) is 0. The summed E-state index contributed by atoms with van der Waals surface area (Å²) in [5.41, 5.74) is 1.47. The van der Waals surface area contributed by atoms with Gasteiger partial charge in [0.05, 0.1) is 4.91 Å². The van der Waals surface area contributed by atoms with Crippen LogP contribution in [0.25, 0.3) is 6.08 Å². The van der Waals surface area contributed by atoms with E-state index in [-0.39, 0.29) is 17.6 Å². The van der Waals surface area contributed by atoms with Gasteiger partial charge in [0.2, 0.25) is 5.91 Å². The third kappa shape index (κ3) is 4.63. The Morgan fingerprint density at radius 3 is 2.75 bits per heavy atom. The predicted octanol–water partition coefficient (Wildman–Crippen LogP) is 4.06. The molecule has 1 saturated heterocycles. The van der Waals surface area contributed by atoms with E-state index in [1.807, 2.05) is 30.3 Å². The number of carbonyl (C=O) groups is 2. The van der Waals surface area contributed by atoms with Crippen molar-refractivity contribution in [2.24, 2.45) is 0 Å². The van der Waals surface area contributed by atoms with E-state index in [4.69, 9.17) is 12.2 Å². The Balaban J connectivity index is 1.72. The van der Waals surface area contributed by atoms with Crippen LogP contribution in [0.5, 0.6) is 5.75 Å². The zero-order chi connectivity index (χ0) is 20.3. The third-order valence-electron chi connectivity index (χ3n) is 4.18. The van der Waals surface area contributed by atoms with Gasteiger partial charge in [0, 0.05) is 16.6 Å². The molecule has 1 heterocycles. The van der Waals surface area contributed by atoms with Crippen molar-refractivity contribution in [3.05, 3.63) is 69.0 Å². The Bertz CT molecular complexity index is 963. The highest BCUT2D eigenvalue weighted by Crippen LogP contribution is 2.35. The minimum absolute atomic E-state index is 0.0575. The summed E-state index contributed by atoms with van der Waals surface area (Å²) >= 11 is 9.77. The number of benzene rings is 2. The number of phenolic OH excluding ortho intramolecular Hbond substituents is 1. The van der Waals surface area contributed by atoms with Crippen LogP contribution in [0.2, 0.25) is 0 Å². The monoisotopic (exact) mass is 476 g/mol. The lowest BCUT2D eigenvalue weighted by molar-refractivity contribution is -0.132. The highest BCUT2D eigenvalue weighted by Gasteiger charge is 2.38. The second-order valence-corrected chi connectivity index (χ2v) is 8.73. The first-order valence-electron chi connectivity index (χ1n) is 8.44. The zero-order valence-corrected chi connectivity index (χ0v) is 18.1. The normalized spacial score (nSPS) is 16.5. The molecule has 1 unspecified atom stereocenters. The lowest BCUT2D eigenvalue weighted by Gasteiger charge is -2.22. The Morgan fingerprint density at radius 1 is 1.32 bits per heavy atom. The molecule has 0 spiro atoms. The number of nitrogens with zero attached hydrogens (tertiary/aromatic N) is 1. The van der Waals surface area contributed by atoms with E-state index in [2.05, 4.69) is 21.2 Å². The number of aromatic hydroxyl groups is 1. The second kappa shape index (κ2) is 8.89. The van der Waals surface area contributed by atoms with Crippen LogP contribution in [0.1, 0.15) is 18.1 Å². The summed E-state index contributed by atoms with van der Waals surface area (Å²) in [6.07, 6.45) is 1.58. The topological polar surface area (TPSA) is 69.6 Å². The number of nitrogens with one attached hydrogen (secondary N) is 1. The Kier molecular flexibility index (Phi) is 6.53. The third-order valence-corrected chi connectivity index (χ3v) is 6.00. The van der Waals surface area contributed by atoms with E-state index in [0.29, 0.717) is 21.3 Å². The minimum Gasteiger partial charge on any atom is -0.507 e. The molecule has 0 radical (unpaired) electrons. The number of thiocarbonyl (C=S) groups is 1. The van der Waals surface area contributed by atoms with Gasteiger partial charge in [-0.15, -0.1) is 0 Å². The molecule has 144 valence electrons. The number of hydrogen-bond acceptors (Lipinski definition) is 5. The number of thioether (sulfide) groups is 1. The van der Waals surface area contributed by atoms with Crippen molar-refractivity contribution in [1.29, 1.82) is 0 Å². The average Bonchev–Trinajstić information content (AvgIpc) is 2.96. The molecule has 1 aliphatic rings. The van der Waals surface area contributed by atoms with Crippen molar-refractivity contribution in [3.8, 4) is 5.75 Å². The van der Waals surface area contributed by atoms with Gasteiger partial charge in [-0.1, -0.05) is 70.2 Å². The molecular formula is C20H17BrN2O3S2. The van der Waals surface area contributed by atoms with Gasteiger partial charge in [-0.3, -0.25) is 14.5 Å². The van der Waals surface area contributed by atoms with Gasteiger partial charge in [-0.05, 0) is 36.8 Å². The highest BCUT2D eigenvalue weighted by molar-refractivity contribution is 9.10. The number of hydrogen-bond donors (Lipinski definition) is 2. The van der Waals surface area contributed by atoms with E-state index >= 15 is 0 Å². The van der Waals surface area contributed by atoms with Gasteiger partial charge >= 0.3 is 0 Å². The highest BCUT2D eigenvalue weighted by atomic mass is 79.9. The molecule has 0 saturated carbocycles. The maximum Gasteiger partial charge on any atom is 0.266 e. The molecule has 1 atom stereocenters. The van der Waals surface area contributed by atoms with Gasteiger partial charge in [0.1, 0.15) is 16.1 Å². The number of amides is 2. The van der Waals surface area contributed by atoms with Gasteiger partial charge in [-0.25, -0.2) is 0 Å². The molecule has 2 N–H and O–H groups in total. The van der Waals surface area contributed by atoms with Crippen molar-refractivity contribution in [2.75, 3.05) is 0 Å². The van der Waals surface area contributed by atoms with Crippen LogP contribution < -0.4 is 5.32 Å². The molecule has 0 bridgehead atoms. The molecule has 8 heteroatoms. The lowest BCUT2D eigenvalue weighted by atomic mass is 10.1. The molecule has 2 aromatic carbocycles. The van der Waals surface area contributed by atoms with Crippen molar-refractivity contribution < 1.29 is 14.7 Å². The SMILES string of the molecule is CC(C(=O)NCc1ccccc1)N1C(=O)/C(=C/c2cc(Br)ccc2O)SC1=S. The van der Waals surface area contributed by atoms with Crippen molar-refractivity contribution >= 4 is 62.1 Å². The fourth-order valence-electron chi connectivity index (χ4n) is 2.65. The smallest absolute Gasteiger partial charge is 0.266 e. The molecule has 0 aliphatic carbocycles. The Hall–Kier alpha value is -2.16. The first kappa shape index (κ1) is 20.6. The largest absolute Gasteiger partial charge is 0.507 e. The van der Waals surface area contributed by atoms with Gasteiger partial charge in [0.15, 0.2) is 0 Å². The summed E-state index contributed by atoms with van der Waals surface area (Å²) in [4.78, 5) is 27.0. The summed E-state index contributed by atoms with van der Waals surface area (Å²) in [5.74, 6) is -0.578. The molecule has 1 fully saturated rings. The minimum atomic E-state index is -0.738. The van der Waals surface area contributed by atoms with E-state index in [9.17, 15) is 14.7 Å². The maximum atomic E-state index is 12.8.